The van der Waals surface area contributed by atoms with Crippen LogP contribution < -0.4 is 4.72 Å². The fourth-order valence-electron chi connectivity index (χ4n) is 5.54. The van der Waals surface area contributed by atoms with Gasteiger partial charge < -0.3 is 13.4 Å². The van der Waals surface area contributed by atoms with Gasteiger partial charge in [-0.2, -0.15) is 5.10 Å². The summed E-state index contributed by atoms with van der Waals surface area (Å²) in [4.78, 5) is 10.2. The van der Waals surface area contributed by atoms with E-state index in [2.05, 4.69) is 103 Å². The van der Waals surface area contributed by atoms with Crippen LogP contribution in [0.2, 0.25) is 36.3 Å². The highest BCUT2D eigenvalue weighted by Crippen LogP contribution is 2.45. The summed E-state index contributed by atoms with van der Waals surface area (Å²) < 4.78 is 31.7. The van der Waals surface area contributed by atoms with Crippen molar-refractivity contribution in [1.29, 1.82) is 0 Å². The van der Waals surface area contributed by atoms with Crippen LogP contribution in [0.15, 0.2) is 60.8 Å². The zero-order chi connectivity index (χ0) is 36.9. The van der Waals surface area contributed by atoms with Gasteiger partial charge in [0, 0.05) is 28.4 Å². The molecule has 50 heavy (non-hydrogen) atoms. The van der Waals surface area contributed by atoms with E-state index in [1.165, 1.54) is 0 Å². The first kappa shape index (κ1) is 38.8. The predicted octanol–water partition coefficient (Wildman–Crippen LogP) is 9.90. The molecular weight excluding hydrogens is 675 g/mol. The van der Waals surface area contributed by atoms with Crippen molar-refractivity contribution in [2.24, 2.45) is 5.92 Å². The molecule has 1 aromatic carbocycles. The van der Waals surface area contributed by atoms with Crippen molar-refractivity contribution < 1.29 is 13.4 Å². The van der Waals surface area contributed by atoms with Crippen LogP contribution in [0.4, 0.5) is 0 Å². The third-order valence-electron chi connectivity index (χ3n) is 11.0. The first-order valence-electron chi connectivity index (χ1n) is 18.0. The fourth-order valence-corrected chi connectivity index (χ4v) is 8.76. The number of benzene rings is 1. The molecule has 1 aliphatic carbocycles. The minimum absolute atomic E-state index is 0.129. The molecule has 1 saturated carbocycles. The van der Waals surface area contributed by atoms with Gasteiger partial charge in [-0.25, -0.2) is 9.67 Å². The Hall–Kier alpha value is -2.39. The molecule has 1 aliphatic rings. The Morgan fingerprint density at radius 3 is 2.18 bits per heavy atom. The van der Waals surface area contributed by atoms with Gasteiger partial charge in [0.1, 0.15) is 4.75 Å². The zero-order valence-corrected chi connectivity index (χ0v) is 35.4. The molecule has 11 heteroatoms. The first-order chi connectivity index (χ1) is 23.1. The second kappa shape index (κ2) is 14.2. The molecule has 0 amide bonds. The molecular formula is C39H59N5O3SSi2. The van der Waals surface area contributed by atoms with E-state index < -0.39 is 32.7 Å². The lowest BCUT2D eigenvalue weighted by Gasteiger charge is -2.46. The maximum atomic E-state index is 13.5. The van der Waals surface area contributed by atoms with Gasteiger partial charge in [-0.15, -0.1) is 4.72 Å². The number of aromatic nitrogens is 4. The number of nitrogens with one attached hydrogen (secondary N) is 1. The molecule has 0 spiro atoms. The lowest BCUT2D eigenvalue weighted by atomic mass is 9.76. The molecule has 1 fully saturated rings. The molecule has 2 atom stereocenters. The molecule has 4 aromatic rings. The molecule has 5 rings (SSSR count). The van der Waals surface area contributed by atoms with E-state index in [0.29, 0.717) is 6.61 Å². The Balaban J connectivity index is 1.41. The summed E-state index contributed by atoms with van der Waals surface area (Å²) in [5.74, 6) is 1.03. The monoisotopic (exact) mass is 733 g/mol. The summed E-state index contributed by atoms with van der Waals surface area (Å²) in [5.41, 5.74) is 4.60. The predicted molar refractivity (Wildman–Crippen MR) is 213 cm³/mol. The van der Waals surface area contributed by atoms with Crippen LogP contribution in [-0.2, 0) is 26.8 Å². The molecule has 0 saturated heterocycles. The van der Waals surface area contributed by atoms with Crippen molar-refractivity contribution in [1.82, 2.24) is 24.5 Å². The minimum Gasteiger partial charge on any atom is -0.598 e. The molecule has 1 unspecified atom stereocenters. The van der Waals surface area contributed by atoms with Gasteiger partial charge in [-0.1, -0.05) is 65.8 Å². The van der Waals surface area contributed by atoms with Crippen LogP contribution in [-0.4, -0.2) is 51.8 Å². The molecule has 3 aromatic heterocycles. The Labute approximate surface area is 305 Å². The summed E-state index contributed by atoms with van der Waals surface area (Å²) in [6, 6.07) is 18.4. The van der Waals surface area contributed by atoms with Crippen LogP contribution in [0, 0.1) is 5.92 Å². The second-order valence-corrected chi connectivity index (χ2v) is 29.6. The quantitative estimate of drug-likeness (QED) is 0.121. The molecule has 1 N–H and O–H groups in total. The van der Waals surface area contributed by atoms with E-state index in [-0.39, 0.29) is 28.1 Å². The zero-order valence-electron chi connectivity index (χ0n) is 32.5. The highest BCUT2D eigenvalue weighted by molar-refractivity contribution is 7.90. The lowest BCUT2D eigenvalue weighted by molar-refractivity contribution is 0.0365. The fraction of sp³-hybridized carbons (Fsp3) is 0.564. The summed E-state index contributed by atoms with van der Waals surface area (Å²) in [6.07, 6.45) is 3.96. The van der Waals surface area contributed by atoms with Crippen molar-refractivity contribution in [3.63, 3.8) is 0 Å². The van der Waals surface area contributed by atoms with E-state index in [0.717, 1.165) is 52.2 Å². The lowest BCUT2D eigenvalue weighted by Crippen LogP contribution is -2.51. The highest BCUT2D eigenvalue weighted by Gasteiger charge is 2.46. The summed E-state index contributed by atoms with van der Waals surface area (Å²) >= 11 is -1.25. The average molecular weight is 734 g/mol. The Morgan fingerprint density at radius 2 is 1.54 bits per heavy atom. The van der Waals surface area contributed by atoms with Crippen molar-refractivity contribution in [3.8, 4) is 17.1 Å². The van der Waals surface area contributed by atoms with Gasteiger partial charge >= 0.3 is 0 Å². The largest absolute Gasteiger partial charge is 0.598 e. The molecule has 272 valence electrons. The molecule has 0 radical (unpaired) electrons. The van der Waals surface area contributed by atoms with E-state index >= 15 is 0 Å². The maximum Gasteiger partial charge on any atom is 0.192 e. The van der Waals surface area contributed by atoms with Crippen molar-refractivity contribution >= 4 is 38.9 Å². The topological polar surface area (TPSA) is 97.2 Å². The number of fused-ring (bicyclic) bond motifs is 1. The van der Waals surface area contributed by atoms with Crippen LogP contribution in [0.25, 0.3) is 28.0 Å². The van der Waals surface area contributed by atoms with E-state index in [9.17, 15) is 4.55 Å². The molecule has 8 nitrogen and oxygen atoms in total. The summed E-state index contributed by atoms with van der Waals surface area (Å²) in [7, 11) is -3.79. The Morgan fingerprint density at radius 1 is 0.880 bits per heavy atom. The SMILES string of the molecule is CC(C)(C)[S@@+]([O-])NC(c1cccc(-c2ccc3cnn(-c4cccc(CO[Si](C)(C)C(C)(C)C)n4)c3c2)n1)[C@H]1C[C@H](O[Si](C)(C)C(C)(C)C)C1. The van der Waals surface area contributed by atoms with Crippen LogP contribution >= 0.6 is 0 Å². The van der Waals surface area contributed by atoms with Gasteiger partial charge in [0.2, 0.25) is 0 Å². The van der Waals surface area contributed by atoms with Gasteiger partial charge in [0.05, 0.1) is 41.4 Å². The highest BCUT2D eigenvalue weighted by atomic mass is 32.2. The van der Waals surface area contributed by atoms with Crippen LogP contribution in [0.5, 0.6) is 0 Å². The van der Waals surface area contributed by atoms with Gasteiger partial charge in [0.25, 0.3) is 0 Å². The normalized spacial score (nSPS) is 19.0. The number of pyridine rings is 2. The number of hydrogen-bond donors (Lipinski definition) is 1. The third kappa shape index (κ3) is 8.62. The number of nitrogens with zero attached hydrogens (tertiary/aromatic N) is 4. The van der Waals surface area contributed by atoms with E-state index in [1.807, 2.05) is 55.9 Å². The standard InChI is InChI=1S/C39H59N5O3SSi2/c1-37(2,3)48(45)43-36(29-22-31(23-29)47-50(12,13)39(7,8)9)33-18-15-17-32(42-33)27-20-21-28-25-40-44(34(28)24-27)35-19-14-16-30(41-35)26-46-49(10,11)38(4,5)6/h14-21,24-25,29,31,36,43H,22-23,26H2,1-13H3/t29-,31-,36?,48-/m1/s1. The second-order valence-electron chi connectivity index (χ2n) is 18.0. The minimum atomic E-state index is -1.91. The van der Waals surface area contributed by atoms with E-state index in [4.69, 9.17) is 23.9 Å². The summed E-state index contributed by atoms with van der Waals surface area (Å²) in [6.45, 7) is 29.2. The van der Waals surface area contributed by atoms with Gasteiger partial charge in [-0.3, -0.25) is 4.98 Å². The first-order valence-corrected chi connectivity index (χ1v) is 24.9. The van der Waals surface area contributed by atoms with Crippen LogP contribution in [0.3, 0.4) is 0 Å². The molecule has 0 bridgehead atoms. The summed E-state index contributed by atoms with van der Waals surface area (Å²) in [5, 5.41) is 6.04. The Kier molecular flexibility index (Phi) is 11.0. The smallest absolute Gasteiger partial charge is 0.192 e. The Bertz CT molecular complexity index is 1780. The van der Waals surface area contributed by atoms with Crippen molar-refractivity contribution in [2.75, 3.05) is 0 Å². The van der Waals surface area contributed by atoms with Crippen molar-refractivity contribution in [2.45, 2.75) is 135 Å². The van der Waals surface area contributed by atoms with Crippen molar-refractivity contribution in [3.05, 3.63) is 72.2 Å². The third-order valence-corrected chi connectivity index (χ3v) is 21.6. The van der Waals surface area contributed by atoms with E-state index in [1.54, 1.807) is 0 Å². The van der Waals surface area contributed by atoms with Gasteiger partial charge in [-0.05, 0) is 106 Å². The number of hydrogen-bond acceptors (Lipinski definition) is 7. The maximum absolute atomic E-state index is 13.5. The van der Waals surface area contributed by atoms with Gasteiger partial charge in [0.15, 0.2) is 22.5 Å². The molecule has 3 heterocycles. The average Bonchev–Trinajstić information content (AvgIpc) is 3.43. The number of rotatable bonds is 11. The molecule has 0 aliphatic heterocycles. The van der Waals surface area contributed by atoms with Crippen LogP contribution in [0.1, 0.15) is 92.6 Å².